The molecule has 0 aromatic carbocycles. The minimum Gasteiger partial charge on any atom is -0.337 e. The molecule has 0 spiro atoms. The summed E-state index contributed by atoms with van der Waals surface area (Å²) in [5.74, 6) is 0. The van der Waals surface area contributed by atoms with Gasteiger partial charge in [-0.25, -0.2) is 0 Å². The summed E-state index contributed by atoms with van der Waals surface area (Å²) in [4.78, 5) is 2.96. The molecule has 5 heteroatoms. The monoisotopic (exact) mass is 208 g/mol. The average Bonchev–Trinajstić information content (AvgIpc) is 2.72. The smallest absolute Gasteiger partial charge is 0.177 e. The van der Waals surface area contributed by atoms with Gasteiger partial charge in [0.05, 0.1) is 5.69 Å². The van der Waals surface area contributed by atoms with Crippen LogP contribution in [0, 0.1) is 4.77 Å². The summed E-state index contributed by atoms with van der Waals surface area (Å²) in [5.41, 5.74) is 1.09. The van der Waals surface area contributed by atoms with E-state index < -0.39 is 0 Å². The van der Waals surface area contributed by atoms with E-state index >= 15 is 0 Å². The van der Waals surface area contributed by atoms with Crippen LogP contribution in [0.5, 0.6) is 0 Å². The molecule has 2 aromatic rings. The van der Waals surface area contributed by atoms with E-state index in [-0.39, 0.29) is 0 Å². The molecule has 0 fully saturated rings. The SMILES string of the molecule is Cn1ccc(CCn2cc[nH]c2=S)n1. The molecule has 0 saturated heterocycles. The molecule has 0 aliphatic heterocycles. The van der Waals surface area contributed by atoms with E-state index in [0.717, 1.165) is 23.4 Å². The number of aromatic amines is 1. The Labute approximate surface area is 87.2 Å². The Kier molecular flexibility index (Phi) is 2.49. The zero-order valence-electron chi connectivity index (χ0n) is 7.97. The number of aryl methyl sites for hydroxylation is 3. The number of imidazole rings is 1. The molecule has 74 valence electrons. The standard InChI is InChI=1S/C9H12N4S/c1-12-5-2-8(11-12)3-6-13-7-4-10-9(13)14/h2,4-5,7H,3,6H2,1H3,(H,10,14). The Balaban J connectivity index is 2.01. The largest absolute Gasteiger partial charge is 0.337 e. The quantitative estimate of drug-likeness (QED) is 0.777. The zero-order chi connectivity index (χ0) is 9.97. The van der Waals surface area contributed by atoms with Crippen molar-refractivity contribution in [1.29, 1.82) is 0 Å². The molecule has 0 saturated carbocycles. The maximum Gasteiger partial charge on any atom is 0.177 e. The van der Waals surface area contributed by atoms with Crippen LogP contribution < -0.4 is 0 Å². The highest BCUT2D eigenvalue weighted by Crippen LogP contribution is 1.99. The van der Waals surface area contributed by atoms with E-state index in [1.54, 1.807) is 0 Å². The molecule has 4 nitrogen and oxygen atoms in total. The molecule has 0 aliphatic carbocycles. The molecule has 0 unspecified atom stereocenters. The van der Waals surface area contributed by atoms with Gasteiger partial charge in [0.15, 0.2) is 4.77 Å². The van der Waals surface area contributed by atoms with Gasteiger partial charge in [0.2, 0.25) is 0 Å². The summed E-state index contributed by atoms with van der Waals surface area (Å²) in [6.07, 6.45) is 6.66. The van der Waals surface area contributed by atoms with Crippen molar-refractivity contribution in [3.8, 4) is 0 Å². The number of aromatic nitrogens is 4. The van der Waals surface area contributed by atoms with Crippen LogP contribution in [-0.4, -0.2) is 19.3 Å². The summed E-state index contributed by atoms with van der Waals surface area (Å²) >= 11 is 5.09. The van der Waals surface area contributed by atoms with E-state index in [1.807, 2.05) is 41.0 Å². The number of hydrogen-bond donors (Lipinski definition) is 1. The maximum atomic E-state index is 5.09. The van der Waals surface area contributed by atoms with Crippen molar-refractivity contribution in [2.75, 3.05) is 0 Å². The maximum absolute atomic E-state index is 5.09. The van der Waals surface area contributed by atoms with E-state index in [4.69, 9.17) is 12.2 Å². The third-order valence-corrected chi connectivity index (χ3v) is 2.45. The average molecular weight is 208 g/mol. The van der Waals surface area contributed by atoms with E-state index in [2.05, 4.69) is 10.1 Å². The Morgan fingerprint density at radius 3 is 2.93 bits per heavy atom. The lowest BCUT2D eigenvalue weighted by Gasteiger charge is -1.98. The lowest BCUT2D eigenvalue weighted by molar-refractivity contribution is 0.658. The predicted molar refractivity (Wildman–Crippen MR) is 56.5 cm³/mol. The first-order chi connectivity index (χ1) is 6.75. The van der Waals surface area contributed by atoms with Gasteiger partial charge >= 0.3 is 0 Å². The first-order valence-corrected chi connectivity index (χ1v) is 4.89. The molecule has 2 rings (SSSR count). The second kappa shape index (κ2) is 3.79. The van der Waals surface area contributed by atoms with Crippen LogP contribution in [0.15, 0.2) is 24.7 Å². The second-order valence-corrected chi connectivity index (χ2v) is 3.58. The van der Waals surface area contributed by atoms with E-state index in [1.165, 1.54) is 0 Å². The molecule has 0 aliphatic rings. The molecule has 0 radical (unpaired) electrons. The molecular formula is C9H12N4S. The van der Waals surface area contributed by atoms with Gasteiger partial charge in [-0.15, -0.1) is 0 Å². The van der Waals surface area contributed by atoms with Crippen LogP contribution in [0.1, 0.15) is 5.69 Å². The predicted octanol–water partition coefficient (Wildman–Crippen LogP) is 1.52. The van der Waals surface area contributed by atoms with Gasteiger partial charge in [-0.3, -0.25) is 4.68 Å². The van der Waals surface area contributed by atoms with Crippen LogP contribution in [0.25, 0.3) is 0 Å². The fourth-order valence-corrected chi connectivity index (χ4v) is 1.58. The summed E-state index contributed by atoms with van der Waals surface area (Å²) in [6.45, 7) is 0.874. The summed E-state index contributed by atoms with van der Waals surface area (Å²) in [6, 6.07) is 2.02. The highest BCUT2D eigenvalue weighted by Gasteiger charge is 1.98. The molecule has 2 heterocycles. The van der Waals surface area contributed by atoms with Crippen LogP contribution in [0.3, 0.4) is 0 Å². The number of hydrogen-bond acceptors (Lipinski definition) is 2. The Hall–Kier alpha value is -1.36. The fourth-order valence-electron chi connectivity index (χ4n) is 1.36. The van der Waals surface area contributed by atoms with Crippen LogP contribution in [0.4, 0.5) is 0 Å². The van der Waals surface area contributed by atoms with Crippen LogP contribution in [0.2, 0.25) is 0 Å². The number of nitrogens with zero attached hydrogens (tertiary/aromatic N) is 3. The van der Waals surface area contributed by atoms with Crippen LogP contribution >= 0.6 is 12.2 Å². The zero-order valence-corrected chi connectivity index (χ0v) is 8.79. The number of nitrogens with one attached hydrogen (secondary N) is 1. The summed E-state index contributed by atoms with van der Waals surface area (Å²) < 4.78 is 4.58. The van der Waals surface area contributed by atoms with Gasteiger partial charge < -0.3 is 9.55 Å². The second-order valence-electron chi connectivity index (χ2n) is 3.19. The van der Waals surface area contributed by atoms with Crippen molar-refractivity contribution in [3.63, 3.8) is 0 Å². The van der Waals surface area contributed by atoms with Gasteiger partial charge in [-0.1, -0.05) is 0 Å². The topological polar surface area (TPSA) is 38.5 Å². The molecule has 1 N–H and O–H groups in total. The lowest BCUT2D eigenvalue weighted by Crippen LogP contribution is -2.01. The molecule has 0 bridgehead atoms. The Morgan fingerprint density at radius 1 is 1.50 bits per heavy atom. The number of rotatable bonds is 3. The molecule has 2 aromatic heterocycles. The van der Waals surface area contributed by atoms with Crippen molar-refractivity contribution in [2.24, 2.45) is 7.05 Å². The number of H-pyrrole nitrogens is 1. The van der Waals surface area contributed by atoms with Crippen LogP contribution in [-0.2, 0) is 20.0 Å². The Bertz CT molecular complexity index is 465. The first kappa shape index (κ1) is 9.21. The van der Waals surface area contributed by atoms with Crippen molar-refractivity contribution in [2.45, 2.75) is 13.0 Å². The van der Waals surface area contributed by atoms with E-state index in [9.17, 15) is 0 Å². The van der Waals surface area contributed by atoms with E-state index in [0.29, 0.717) is 0 Å². The van der Waals surface area contributed by atoms with Gasteiger partial charge in [-0.05, 0) is 18.3 Å². The van der Waals surface area contributed by atoms with Crippen molar-refractivity contribution >= 4 is 12.2 Å². The van der Waals surface area contributed by atoms with Crippen molar-refractivity contribution in [1.82, 2.24) is 19.3 Å². The van der Waals surface area contributed by atoms with Gasteiger partial charge in [0.1, 0.15) is 0 Å². The molecule has 0 atom stereocenters. The third kappa shape index (κ3) is 1.93. The lowest BCUT2D eigenvalue weighted by atomic mass is 10.3. The Morgan fingerprint density at radius 2 is 2.36 bits per heavy atom. The first-order valence-electron chi connectivity index (χ1n) is 4.48. The van der Waals surface area contributed by atoms with Crippen molar-refractivity contribution < 1.29 is 0 Å². The van der Waals surface area contributed by atoms with Gasteiger partial charge in [-0.2, -0.15) is 5.10 Å². The highest BCUT2D eigenvalue weighted by molar-refractivity contribution is 7.71. The minimum absolute atomic E-state index is 0.765. The minimum atomic E-state index is 0.765. The fraction of sp³-hybridized carbons (Fsp3) is 0.333. The van der Waals surface area contributed by atoms with Gasteiger partial charge in [0.25, 0.3) is 0 Å². The summed E-state index contributed by atoms with van der Waals surface area (Å²) in [7, 11) is 1.92. The molecular weight excluding hydrogens is 196 g/mol. The van der Waals surface area contributed by atoms with Gasteiger partial charge in [0, 0.05) is 38.6 Å². The molecule has 0 amide bonds. The molecule has 14 heavy (non-hydrogen) atoms. The highest BCUT2D eigenvalue weighted by atomic mass is 32.1. The normalized spacial score (nSPS) is 10.6. The summed E-state index contributed by atoms with van der Waals surface area (Å²) in [5, 5.41) is 4.30. The van der Waals surface area contributed by atoms with Crippen molar-refractivity contribution in [3.05, 3.63) is 35.1 Å². The third-order valence-electron chi connectivity index (χ3n) is 2.10.